The molecule has 5 aromatic carbocycles. The van der Waals surface area contributed by atoms with Crippen LogP contribution in [0.5, 0.6) is 5.75 Å². The minimum absolute atomic E-state index is 0.674. The number of benzene rings is 5. The van der Waals surface area contributed by atoms with Crippen molar-refractivity contribution in [2.75, 3.05) is 0 Å². The maximum atomic E-state index is 9.32. The summed E-state index contributed by atoms with van der Waals surface area (Å²) < 4.78 is 5.54. The molecule has 3 heteroatoms. The van der Waals surface area contributed by atoms with E-state index in [9.17, 15) is 5.02 Å². The molecule has 0 unspecified atom stereocenters. The van der Waals surface area contributed by atoms with Gasteiger partial charge in [-0.1, -0.05) is 91.0 Å². The summed E-state index contributed by atoms with van der Waals surface area (Å²) >= 11 is 0. The Morgan fingerprint density at radius 3 is 1.70 bits per heavy atom. The summed E-state index contributed by atoms with van der Waals surface area (Å²) in [5.74, 6) is 0.674. The normalized spacial score (nSPS) is 11.1. The van der Waals surface area contributed by atoms with Crippen LogP contribution in [0.1, 0.15) is 0 Å². The monoisotopic (exact) mass is 347 g/mol. The first kappa shape index (κ1) is 15.9. The SMILES string of the molecule is O[B]Oc1c2ccccc2c(-c2cccc3ccccc23)c2ccccc12. The van der Waals surface area contributed by atoms with Crippen molar-refractivity contribution in [1.82, 2.24) is 0 Å². The smallest absolute Gasteiger partial charge is 0.537 e. The molecule has 0 aromatic heterocycles. The third-order valence-electron chi connectivity index (χ3n) is 5.11. The van der Waals surface area contributed by atoms with E-state index in [4.69, 9.17) is 4.65 Å². The summed E-state index contributed by atoms with van der Waals surface area (Å²) in [7, 11) is 0.756. The van der Waals surface area contributed by atoms with E-state index < -0.39 is 0 Å². The van der Waals surface area contributed by atoms with Crippen molar-refractivity contribution in [1.29, 1.82) is 0 Å². The van der Waals surface area contributed by atoms with Crippen LogP contribution in [-0.2, 0) is 0 Å². The molecule has 0 heterocycles. The van der Waals surface area contributed by atoms with Crippen LogP contribution in [0.3, 0.4) is 0 Å². The lowest BCUT2D eigenvalue weighted by molar-refractivity contribution is 0.459. The molecule has 127 valence electrons. The lowest BCUT2D eigenvalue weighted by Crippen LogP contribution is -2.02. The minimum atomic E-state index is 0.674. The maximum absolute atomic E-state index is 9.32. The minimum Gasteiger partial charge on any atom is -0.537 e. The van der Waals surface area contributed by atoms with Crippen molar-refractivity contribution in [2.24, 2.45) is 0 Å². The average Bonchev–Trinajstić information content (AvgIpc) is 2.74. The molecule has 0 bridgehead atoms. The molecule has 27 heavy (non-hydrogen) atoms. The van der Waals surface area contributed by atoms with Crippen LogP contribution in [0.4, 0.5) is 0 Å². The Labute approximate surface area is 157 Å². The standard InChI is InChI=1S/C24H16BO2/c26-25-27-24-21-13-5-3-11-19(21)23(20-12-4-6-14-22(20)24)18-15-7-9-16-8-1-2-10-17(16)18/h1-15,26H. The summed E-state index contributed by atoms with van der Waals surface area (Å²) in [5, 5.41) is 15.9. The van der Waals surface area contributed by atoms with E-state index in [1.807, 2.05) is 36.4 Å². The predicted molar refractivity (Wildman–Crippen MR) is 113 cm³/mol. The van der Waals surface area contributed by atoms with Gasteiger partial charge >= 0.3 is 7.69 Å². The van der Waals surface area contributed by atoms with E-state index in [1.54, 1.807) is 0 Å². The van der Waals surface area contributed by atoms with Crippen LogP contribution in [0.25, 0.3) is 43.4 Å². The molecule has 0 saturated heterocycles. The highest BCUT2D eigenvalue weighted by Gasteiger charge is 2.17. The summed E-state index contributed by atoms with van der Waals surface area (Å²) in [5.41, 5.74) is 2.38. The molecule has 0 aliphatic heterocycles. The van der Waals surface area contributed by atoms with Crippen molar-refractivity contribution >= 4 is 40.0 Å². The molecular formula is C24H16BO2. The van der Waals surface area contributed by atoms with E-state index in [1.165, 1.54) is 21.9 Å². The third-order valence-corrected chi connectivity index (χ3v) is 5.11. The van der Waals surface area contributed by atoms with Gasteiger partial charge < -0.3 is 9.68 Å². The molecule has 0 atom stereocenters. The van der Waals surface area contributed by atoms with Gasteiger partial charge in [0.25, 0.3) is 0 Å². The fraction of sp³-hybridized carbons (Fsp3) is 0. The molecule has 1 radical (unpaired) electrons. The molecule has 5 aromatic rings. The van der Waals surface area contributed by atoms with Crippen LogP contribution in [0.15, 0.2) is 91.0 Å². The fourth-order valence-corrected chi connectivity index (χ4v) is 4.00. The van der Waals surface area contributed by atoms with Crippen molar-refractivity contribution in [2.45, 2.75) is 0 Å². The number of hydrogen-bond acceptors (Lipinski definition) is 2. The Morgan fingerprint density at radius 1 is 0.556 bits per heavy atom. The summed E-state index contributed by atoms with van der Waals surface area (Å²) in [6.07, 6.45) is 0. The summed E-state index contributed by atoms with van der Waals surface area (Å²) in [4.78, 5) is 0. The van der Waals surface area contributed by atoms with E-state index in [-0.39, 0.29) is 0 Å². The van der Waals surface area contributed by atoms with Crippen LogP contribution in [0.2, 0.25) is 0 Å². The van der Waals surface area contributed by atoms with Gasteiger partial charge in [-0.15, -0.1) is 0 Å². The van der Waals surface area contributed by atoms with Crippen molar-refractivity contribution in [3.63, 3.8) is 0 Å². The number of fused-ring (bicyclic) bond motifs is 3. The lowest BCUT2D eigenvalue weighted by atomic mass is 9.89. The second kappa shape index (κ2) is 6.46. The Hall–Kier alpha value is -3.30. The first-order valence-electron chi connectivity index (χ1n) is 8.92. The maximum Gasteiger partial charge on any atom is 0.569 e. The van der Waals surface area contributed by atoms with Gasteiger partial charge in [-0.25, -0.2) is 0 Å². The van der Waals surface area contributed by atoms with Crippen molar-refractivity contribution < 1.29 is 9.68 Å². The summed E-state index contributed by atoms with van der Waals surface area (Å²) in [6.45, 7) is 0. The average molecular weight is 347 g/mol. The molecule has 5 rings (SSSR count). The summed E-state index contributed by atoms with van der Waals surface area (Å²) in [6, 6.07) is 31.2. The second-order valence-corrected chi connectivity index (χ2v) is 6.55. The molecule has 0 spiro atoms. The Morgan fingerprint density at radius 2 is 1.07 bits per heavy atom. The van der Waals surface area contributed by atoms with Gasteiger partial charge in [0, 0.05) is 10.8 Å². The third kappa shape index (κ3) is 2.48. The molecule has 2 nitrogen and oxygen atoms in total. The zero-order chi connectivity index (χ0) is 18.2. The van der Waals surface area contributed by atoms with Gasteiger partial charge in [0.05, 0.1) is 0 Å². The first-order valence-corrected chi connectivity index (χ1v) is 8.92. The number of hydrogen-bond donors (Lipinski definition) is 1. The molecule has 1 N–H and O–H groups in total. The van der Waals surface area contributed by atoms with Crippen molar-refractivity contribution in [3.8, 4) is 16.9 Å². The fourth-order valence-electron chi connectivity index (χ4n) is 4.00. The van der Waals surface area contributed by atoms with Gasteiger partial charge in [-0.2, -0.15) is 0 Å². The van der Waals surface area contributed by atoms with Gasteiger partial charge in [-0.3, -0.25) is 0 Å². The molecule has 0 saturated carbocycles. The van der Waals surface area contributed by atoms with Crippen LogP contribution in [-0.4, -0.2) is 12.7 Å². The van der Waals surface area contributed by atoms with E-state index in [0.717, 1.165) is 29.2 Å². The van der Waals surface area contributed by atoms with Gasteiger partial charge in [0.15, 0.2) is 0 Å². The first-order chi connectivity index (χ1) is 13.4. The van der Waals surface area contributed by atoms with Crippen LogP contribution >= 0.6 is 0 Å². The van der Waals surface area contributed by atoms with E-state index in [0.29, 0.717) is 5.75 Å². The van der Waals surface area contributed by atoms with E-state index in [2.05, 4.69) is 54.6 Å². The topological polar surface area (TPSA) is 29.5 Å². The zero-order valence-electron chi connectivity index (χ0n) is 14.6. The molecular weight excluding hydrogens is 331 g/mol. The molecule has 0 fully saturated rings. The van der Waals surface area contributed by atoms with Crippen LogP contribution < -0.4 is 4.65 Å². The second-order valence-electron chi connectivity index (χ2n) is 6.55. The van der Waals surface area contributed by atoms with E-state index >= 15 is 0 Å². The Bertz CT molecular complexity index is 1230. The number of rotatable bonds is 3. The molecule has 0 aliphatic carbocycles. The highest BCUT2D eigenvalue weighted by Crippen LogP contribution is 2.44. The van der Waals surface area contributed by atoms with Gasteiger partial charge in [-0.05, 0) is 32.7 Å². The largest absolute Gasteiger partial charge is 0.569 e. The predicted octanol–water partition coefficient (Wildman–Crippen LogP) is 5.72. The van der Waals surface area contributed by atoms with Gasteiger partial charge in [0.1, 0.15) is 5.75 Å². The molecule has 0 aliphatic rings. The Balaban J connectivity index is 2.01. The Kier molecular flexibility index (Phi) is 3.81. The molecule has 0 amide bonds. The van der Waals surface area contributed by atoms with Crippen molar-refractivity contribution in [3.05, 3.63) is 91.0 Å². The highest BCUT2D eigenvalue weighted by atomic mass is 16.5. The zero-order valence-corrected chi connectivity index (χ0v) is 14.6. The van der Waals surface area contributed by atoms with Crippen LogP contribution in [0, 0.1) is 0 Å². The highest BCUT2D eigenvalue weighted by molar-refractivity contribution is 6.23. The quantitative estimate of drug-likeness (QED) is 0.334. The lowest BCUT2D eigenvalue weighted by Gasteiger charge is -2.18. The van der Waals surface area contributed by atoms with Gasteiger partial charge in [0.2, 0.25) is 0 Å².